The first-order valence-corrected chi connectivity index (χ1v) is 11.3. The van der Waals surface area contributed by atoms with E-state index in [1.807, 2.05) is 17.5 Å². The lowest BCUT2D eigenvalue weighted by Crippen LogP contribution is -2.42. The quantitative estimate of drug-likeness (QED) is 0.387. The van der Waals surface area contributed by atoms with E-state index in [0.29, 0.717) is 43.4 Å². The van der Waals surface area contributed by atoms with Gasteiger partial charge in [-0.25, -0.2) is 0 Å². The Hall–Kier alpha value is -2.88. The van der Waals surface area contributed by atoms with Crippen LogP contribution in [0.5, 0.6) is 11.5 Å². The fraction of sp³-hybridized carbons (Fsp3) is 0.391. The molecule has 2 fully saturated rings. The maximum Gasteiger partial charge on any atom is 0.295 e. The van der Waals surface area contributed by atoms with Gasteiger partial charge in [-0.2, -0.15) is 0 Å². The number of carbonyl (C=O) groups excluding carboxylic acids is 2. The van der Waals surface area contributed by atoms with E-state index in [0.717, 1.165) is 18.0 Å². The van der Waals surface area contributed by atoms with Crippen molar-refractivity contribution < 1.29 is 28.9 Å². The van der Waals surface area contributed by atoms with Gasteiger partial charge in [-0.1, -0.05) is 6.07 Å². The highest BCUT2D eigenvalue weighted by Crippen LogP contribution is 2.41. The molecular weight excluding hydrogens is 432 g/mol. The van der Waals surface area contributed by atoms with E-state index in [-0.39, 0.29) is 11.3 Å². The topological polar surface area (TPSA) is 88.5 Å². The molecule has 0 radical (unpaired) electrons. The number of Topliss-reactive ketones (excluding diaryl/α,β-unsaturated/α-hetero) is 1. The van der Waals surface area contributed by atoms with Crippen LogP contribution in [0.25, 0.3) is 5.76 Å². The number of ether oxygens (including phenoxy) is 3. The van der Waals surface area contributed by atoms with Gasteiger partial charge in [-0.15, -0.1) is 11.3 Å². The lowest BCUT2D eigenvalue weighted by atomic mass is 9.99. The van der Waals surface area contributed by atoms with Crippen molar-refractivity contribution in [3.05, 3.63) is 51.7 Å². The van der Waals surface area contributed by atoms with Crippen LogP contribution >= 0.6 is 11.3 Å². The molecule has 1 unspecified atom stereocenters. The summed E-state index contributed by atoms with van der Waals surface area (Å²) in [6.45, 7) is 3.92. The number of nitrogens with zero attached hydrogens (tertiary/aromatic N) is 2. The van der Waals surface area contributed by atoms with Crippen LogP contribution in [-0.4, -0.2) is 80.2 Å². The van der Waals surface area contributed by atoms with Gasteiger partial charge in [-0.05, 0) is 29.6 Å². The summed E-state index contributed by atoms with van der Waals surface area (Å²) < 4.78 is 16.0. The number of hydrogen-bond acceptors (Lipinski definition) is 8. The van der Waals surface area contributed by atoms with Crippen LogP contribution < -0.4 is 9.47 Å². The fourth-order valence-electron chi connectivity index (χ4n) is 4.07. The van der Waals surface area contributed by atoms with E-state index in [1.165, 1.54) is 25.6 Å². The lowest BCUT2D eigenvalue weighted by Gasteiger charge is -2.30. The van der Waals surface area contributed by atoms with Gasteiger partial charge in [0, 0.05) is 36.6 Å². The molecule has 2 saturated heterocycles. The van der Waals surface area contributed by atoms with Gasteiger partial charge in [0.2, 0.25) is 0 Å². The molecule has 8 nitrogen and oxygen atoms in total. The molecule has 1 aromatic heterocycles. The van der Waals surface area contributed by atoms with E-state index in [4.69, 9.17) is 14.2 Å². The van der Waals surface area contributed by atoms with E-state index in [1.54, 1.807) is 23.1 Å². The predicted octanol–water partition coefficient (Wildman–Crippen LogP) is 2.52. The number of aliphatic hydroxyl groups excluding tert-OH is 1. The smallest absolute Gasteiger partial charge is 0.295 e. The summed E-state index contributed by atoms with van der Waals surface area (Å²) in [6, 6.07) is 8.01. The molecule has 1 atom stereocenters. The molecule has 2 aliphatic heterocycles. The molecule has 9 heteroatoms. The molecule has 170 valence electrons. The lowest BCUT2D eigenvalue weighted by molar-refractivity contribution is -0.140. The molecule has 0 spiro atoms. The van der Waals surface area contributed by atoms with Gasteiger partial charge >= 0.3 is 0 Å². The third-order valence-corrected chi connectivity index (χ3v) is 6.70. The van der Waals surface area contributed by atoms with Gasteiger partial charge in [0.05, 0.1) is 39.0 Å². The maximum atomic E-state index is 13.1. The highest BCUT2D eigenvalue weighted by atomic mass is 32.1. The Morgan fingerprint density at radius 2 is 1.88 bits per heavy atom. The third-order valence-electron chi connectivity index (χ3n) is 5.77. The van der Waals surface area contributed by atoms with Gasteiger partial charge in [0.25, 0.3) is 11.7 Å². The Bertz CT molecular complexity index is 1010. The van der Waals surface area contributed by atoms with Crippen molar-refractivity contribution in [2.45, 2.75) is 6.04 Å². The summed E-state index contributed by atoms with van der Waals surface area (Å²) >= 11 is 1.45. The van der Waals surface area contributed by atoms with Crippen molar-refractivity contribution in [3.8, 4) is 11.5 Å². The van der Waals surface area contributed by atoms with Crippen LogP contribution in [0.3, 0.4) is 0 Å². The number of amides is 1. The summed E-state index contributed by atoms with van der Waals surface area (Å²) in [5.74, 6) is -0.580. The number of likely N-dealkylation sites (tertiary alicyclic amines) is 1. The Labute approximate surface area is 190 Å². The SMILES string of the molecule is COc1ccc(/C(O)=C2/C(=O)C(=O)N(CCN3CCOCC3)C2c2cccs2)cc1OC. The number of benzene rings is 1. The second-order valence-electron chi connectivity index (χ2n) is 7.53. The van der Waals surface area contributed by atoms with Gasteiger partial charge in [0.1, 0.15) is 5.76 Å². The molecule has 0 aliphatic carbocycles. The highest BCUT2D eigenvalue weighted by molar-refractivity contribution is 7.10. The summed E-state index contributed by atoms with van der Waals surface area (Å²) in [5, 5.41) is 13.1. The van der Waals surface area contributed by atoms with Gasteiger partial charge in [0.15, 0.2) is 11.5 Å². The van der Waals surface area contributed by atoms with Crippen LogP contribution in [0.4, 0.5) is 0 Å². The summed E-state index contributed by atoms with van der Waals surface area (Å²) in [6.07, 6.45) is 0. The average molecular weight is 459 g/mol. The van der Waals surface area contributed by atoms with E-state index in [2.05, 4.69) is 4.90 Å². The third kappa shape index (κ3) is 4.23. The molecule has 3 heterocycles. The molecule has 1 N–H and O–H groups in total. The zero-order valence-corrected chi connectivity index (χ0v) is 18.9. The number of rotatable bonds is 7. The Morgan fingerprint density at radius 1 is 1.12 bits per heavy atom. The number of carbonyl (C=O) groups is 2. The Kier molecular flexibility index (Phi) is 6.78. The molecule has 0 bridgehead atoms. The number of methoxy groups -OCH3 is 2. The first kappa shape index (κ1) is 22.3. The minimum absolute atomic E-state index is 0.0895. The standard InChI is InChI=1S/C23H26N2O6S/c1-29-16-6-5-15(14-17(16)30-2)21(26)19-20(18-4-3-13-32-18)25(23(28)22(19)27)8-7-24-9-11-31-12-10-24/h3-6,13-14,20,26H,7-12H2,1-2H3/b21-19-. The molecule has 2 aromatic rings. The molecule has 32 heavy (non-hydrogen) atoms. The zero-order chi connectivity index (χ0) is 22.7. The summed E-state index contributed by atoms with van der Waals surface area (Å²) in [4.78, 5) is 30.7. The van der Waals surface area contributed by atoms with Gasteiger partial charge in [-0.3, -0.25) is 14.5 Å². The van der Waals surface area contributed by atoms with Crippen LogP contribution in [0.2, 0.25) is 0 Å². The van der Waals surface area contributed by atoms with Crippen molar-refractivity contribution in [2.75, 3.05) is 53.6 Å². The van der Waals surface area contributed by atoms with Crippen LogP contribution in [-0.2, 0) is 14.3 Å². The number of hydrogen-bond donors (Lipinski definition) is 1. The molecular formula is C23H26N2O6S. The number of morpholine rings is 1. The number of thiophene rings is 1. The van der Waals surface area contributed by atoms with Crippen LogP contribution in [0, 0.1) is 0 Å². The van der Waals surface area contributed by atoms with Crippen molar-refractivity contribution in [1.82, 2.24) is 9.80 Å². The Balaban J connectivity index is 1.71. The van der Waals surface area contributed by atoms with Gasteiger partial charge < -0.3 is 24.2 Å². The molecule has 1 aromatic carbocycles. The fourth-order valence-corrected chi connectivity index (χ4v) is 4.91. The first-order valence-electron chi connectivity index (χ1n) is 10.4. The number of ketones is 1. The second-order valence-corrected chi connectivity index (χ2v) is 8.51. The zero-order valence-electron chi connectivity index (χ0n) is 18.1. The molecule has 1 amide bonds. The van der Waals surface area contributed by atoms with Crippen molar-refractivity contribution in [1.29, 1.82) is 0 Å². The molecule has 4 rings (SSSR count). The summed E-state index contributed by atoms with van der Waals surface area (Å²) in [5.41, 5.74) is 0.474. The minimum Gasteiger partial charge on any atom is -0.507 e. The van der Waals surface area contributed by atoms with E-state index < -0.39 is 17.7 Å². The predicted molar refractivity (Wildman–Crippen MR) is 120 cm³/mol. The van der Waals surface area contributed by atoms with Crippen molar-refractivity contribution in [3.63, 3.8) is 0 Å². The second kappa shape index (κ2) is 9.72. The average Bonchev–Trinajstić information content (AvgIpc) is 3.44. The van der Waals surface area contributed by atoms with Crippen molar-refractivity contribution >= 4 is 28.8 Å². The monoisotopic (exact) mass is 458 g/mol. The van der Waals surface area contributed by atoms with Crippen LogP contribution in [0.1, 0.15) is 16.5 Å². The Morgan fingerprint density at radius 3 is 2.53 bits per heavy atom. The minimum atomic E-state index is -0.683. The molecule has 2 aliphatic rings. The summed E-state index contributed by atoms with van der Waals surface area (Å²) in [7, 11) is 3.02. The number of aliphatic hydroxyl groups is 1. The van der Waals surface area contributed by atoms with Crippen molar-refractivity contribution in [2.24, 2.45) is 0 Å². The van der Waals surface area contributed by atoms with E-state index >= 15 is 0 Å². The van der Waals surface area contributed by atoms with Crippen LogP contribution in [0.15, 0.2) is 41.3 Å². The molecule has 0 saturated carbocycles. The highest BCUT2D eigenvalue weighted by Gasteiger charge is 2.46. The van der Waals surface area contributed by atoms with E-state index in [9.17, 15) is 14.7 Å². The largest absolute Gasteiger partial charge is 0.507 e. The maximum absolute atomic E-state index is 13.1. The normalized spacial score (nSPS) is 21.2. The first-order chi connectivity index (χ1) is 15.5.